The van der Waals surface area contributed by atoms with Crippen LogP contribution in [-0.2, 0) is 11.0 Å². The number of anilines is 2. The van der Waals surface area contributed by atoms with Gasteiger partial charge in [0.05, 0.1) is 36.1 Å². The third kappa shape index (κ3) is 6.12. The van der Waals surface area contributed by atoms with E-state index in [0.29, 0.717) is 18.3 Å². The van der Waals surface area contributed by atoms with Gasteiger partial charge in [0.1, 0.15) is 0 Å². The van der Waals surface area contributed by atoms with Crippen molar-refractivity contribution in [3.05, 3.63) is 66.1 Å². The number of aromatic nitrogens is 3. The summed E-state index contributed by atoms with van der Waals surface area (Å²) in [7, 11) is 0. The van der Waals surface area contributed by atoms with Gasteiger partial charge in [-0.15, -0.1) is 0 Å². The number of carboxylic acid groups (broad SMARTS) is 1. The number of nitrogens with zero attached hydrogens (tertiary/aromatic N) is 3. The second-order valence-electron chi connectivity index (χ2n) is 9.72. The summed E-state index contributed by atoms with van der Waals surface area (Å²) in [6.45, 7) is 4.84. The minimum atomic E-state index is -4.45. The molecule has 2 aromatic heterocycles. The molecule has 3 N–H and O–H groups in total. The number of aliphatic carboxylic acids is 1. The molecule has 1 aliphatic carbocycles. The van der Waals surface area contributed by atoms with Crippen LogP contribution in [0.15, 0.2) is 55.0 Å². The quantitative estimate of drug-likeness (QED) is 0.355. The van der Waals surface area contributed by atoms with Gasteiger partial charge < -0.3 is 15.7 Å². The Morgan fingerprint density at radius 1 is 1.14 bits per heavy atom. The van der Waals surface area contributed by atoms with E-state index in [2.05, 4.69) is 34.6 Å². The van der Waals surface area contributed by atoms with Crippen LogP contribution in [0.3, 0.4) is 0 Å². The van der Waals surface area contributed by atoms with Crippen LogP contribution in [0.2, 0.25) is 0 Å². The molecule has 4 rings (SSSR count). The lowest BCUT2D eigenvalue weighted by Gasteiger charge is -2.47. The zero-order chi connectivity index (χ0) is 25.2. The number of alkyl halides is 3. The van der Waals surface area contributed by atoms with Gasteiger partial charge >= 0.3 is 12.1 Å². The number of rotatable bonds is 9. The maximum absolute atomic E-state index is 12.9. The molecule has 1 aliphatic rings. The van der Waals surface area contributed by atoms with Gasteiger partial charge in [-0.2, -0.15) is 18.3 Å². The molecule has 1 unspecified atom stereocenters. The lowest BCUT2D eigenvalue weighted by molar-refractivity contribution is -0.138. The van der Waals surface area contributed by atoms with E-state index >= 15 is 0 Å². The van der Waals surface area contributed by atoms with Gasteiger partial charge in [-0.1, -0.05) is 26.0 Å². The molecule has 1 fully saturated rings. The van der Waals surface area contributed by atoms with Gasteiger partial charge in [0.25, 0.3) is 0 Å². The third-order valence-corrected chi connectivity index (χ3v) is 6.25. The monoisotopic (exact) mass is 487 g/mol. The average molecular weight is 488 g/mol. The number of pyridine rings is 1. The summed E-state index contributed by atoms with van der Waals surface area (Å²) in [5.74, 6) is -0.140. The van der Waals surface area contributed by atoms with Crippen molar-refractivity contribution in [3.8, 4) is 5.82 Å². The molecule has 2 heterocycles. The molecule has 3 aromatic rings. The molecule has 10 heteroatoms. The Balaban J connectivity index is 1.48. The summed E-state index contributed by atoms with van der Waals surface area (Å²) in [5.41, 5.74) is 2.17. The maximum Gasteiger partial charge on any atom is 0.419 e. The lowest BCUT2D eigenvalue weighted by atomic mass is 9.61. The van der Waals surface area contributed by atoms with Crippen molar-refractivity contribution in [2.45, 2.75) is 45.3 Å². The Morgan fingerprint density at radius 3 is 2.37 bits per heavy atom. The van der Waals surface area contributed by atoms with Crippen molar-refractivity contribution in [2.75, 3.05) is 17.2 Å². The van der Waals surface area contributed by atoms with Crippen molar-refractivity contribution in [3.63, 3.8) is 0 Å². The van der Waals surface area contributed by atoms with E-state index in [1.54, 1.807) is 18.3 Å². The first-order valence-electron chi connectivity index (χ1n) is 11.4. The number of benzene rings is 1. The second-order valence-corrected chi connectivity index (χ2v) is 9.72. The summed E-state index contributed by atoms with van der Waals surface area (Å²) in [6, 6.07) is 11.4. The van der Waals surface area contributed by atoms with Crippen LogP contribution in [0.4, 0.5) is 24.5 Å². The molecule has 0 saturated heterocycles. The topological polar surface area (TPSA) is 92.1 Å². The van der Waals surface area contributed by atoms with Gasteiger partial charge in [-0.25, -0.2) is 9.67 Å². The summed E-state index contributed by atoms with van der Waals surface area (Å²) >= 11 is 0. The number of carboxylic acids is 1. The van der Waals surface area contributed by atoms with Crippen LogP contribution in [0.5, 0.6) is 0 Å². The molecule has 0 radical (unpaired) electrons. The third-order valence-electron chi connectivity index (χ3n) is 6.25. The molecular weight excluding hydrogens is 459 g/mol. The van der Waals surface area contributed by atoms with Crippen LogP contribution < -0.4 is 10.6 Å². The molecule has 1 saturated carbocycles. The number of hydrogen-bond acceptors (Lipinski definition) is 5. The zero-order valence-corrected chi connectivity index (χ0v) is 19.5. The van der Waals surface area contributed by atoms with E-state index in [9.17, 15) is 18.0 Å². The van der Waals surface area contributed by atoms with Crippen LogP contribution in [0, 0.1) is 11.3 Å². The van der Waals surface area contributed by atoms with Crippen LogP contribution in [0.25, 0.3) is 5.82 Å². The van der Waals surface area contributed by atoms with E-state index in [1.165, 1.54) is 0 Å². The van der Waals surface area contributed by atoms with E-state index < -0.39 is 17.7 Å². The van der Waals surface area contributed by atoms with Crippen molar-refractivity contribution >= 4 is 17.3 Å². The fourth-order valence-corrected chi connectivity index (χ4v) is 4.57. The number of carbonyl (C=O) groups is 1. The summed E-state index contributed by atoms with van der Waals surface area (Å²) < 4.78 is 39.7. The second kappa shape index (κ2) is 9.59. The van der Waals surface area contributed by atoms with E-state index in [0.717, 1.165) is 46.9 Å². The smallest absolute Gasteiger partial charge is 0.419 e. The minimum absolute atomic E-state index is 0.0327. The van der Waals surface area contributed by atoms with Crippen LogP contribution in [-0.4, -0.2) is 32.4 Å². The molecule has 1 aromatic carbocycles. The lowest BCUT2D eigenvalue weighted by Crippen LogP contribution is -2.38. The Kier molecular flexibility index (Phi) is 6.73. The summed E-state index contributed by atoms with van der Waals surface area (Å²) in [6.07, 6.45) is 1.00. The van der Waals surface area contributed by atoms with Gasteiger partial charge in [-0.05, 0) is 54.0 Å². The van der Waals surface area contributed by atoms with Crippen molar-refractivity contribution in [1.82, 2.24) is 14.8 Å². The standard InChI is InChI=1S/C25H28F3N5O2/c1-24(2)11-17(12-24)23(16-3-5-19(6-4-16)29-10-9-22(34)35)32-20-7-8-21(30-14-20)33-15-18(13-31-33)25(26,27)28/h3-8,13-15,17,23,29,32H,9-12H2,1-2H3,(H,34,35). The highest BCUT2D eigenvalue weighted by atomic mass is 19.4. The molecule has 0 bridgehead atoms. The molecule has 35 heavy (non-hydrogen) atoms. The fourth-order valence-electron chi connectivity index (χ4n) is 4.57. The first-order chi connectivity index (χ1) is 16.5. The van der Waals surface area contributed by atoms with Gasteiger partial charge in [0.2, 0.25) is 0 Å². The average Bonchev–Trinajstić information content (AvgIpc) is 3.28. The first-order valence-corrected chi connectivity index (χ1v) is 11.4. The Bertz CT molecular complexity index is 1150. The predicted octanol–water partition coefficient (Wildman–Crippen LogP) is 5.76. The van der Waals surface area contributed by atoms with Crippen molar-refractivity contribution < 1.29 is 23.1 Å². The fraction of sp³-hybridized carbons (Fsp3) is 0.400. The van der Waals surface area contributed by atoms with Gasteiger partial charge in [-0.3, -0.25) is 4.79 Å². The van der Waals surface area contributed by atoms with Crippen molar-refractivity contribution in [2.24, 2.45) is 11.3 Å². The van der Waals surface area contributed by atoms with Crippen LogP contribution in [0.1, 0.15) is 50.3 Å². The highest BCUT2D eigenvalue weighted by molar-refractivity contribution is 5.67. The number of hydrogen-bond donors (Lipinski definition) is 3. The molecule has 0 spiro atoms. The maximum atomic E-state index is 12.9. The highest BCUT2D eigenvalue weighted by Crippen LogP contribution is 2.51. The SMILES string of the molecule is CC1(C)CC(C(Nc2ccc(-n3cc(C(F)(F)F)cn3)nc2)c2ccc(NCCC(=O)O)cc2)C1. The molecular formula is C25H28F3N5O2. The molecule has 0 amide bonds. The summed E-state index contributed by atoms with van der Waals surface area (Å²) in [5, 5.41) is 19.2. The van der Waals surface area contributed by atoms with Crippen molar-refractivity contribution in [1.29, 1.82) is 0 Å². The number of nitrogens with one attached hydrogen (secondary N) is 2. The zero-order valence-electron chi connectivity index (χ0n) is 19.5. The largest absolute Gasteiger partial charge is 0.481 e. The highest BCUT2D eigenvalue weighted by Gasteiger charge is 2.41. The molecule has 7 nitrogen and oxygen atoms in total. The van der Waals surface area contributed by atoms with E-state index in [1.807, 2.05) is 24.3 Å². The van der Waals surface area contributed by atoms with Crippen LogP contribution >= 0.6 is 0 Å². The Morgan fingerprint density at radius 2 is 1.83 bits per heavy atom. The van der Waals surface area contributed by atoms with Gasteiger partial charge in [0.15, 0.2) is 5.82 Å². The Hall–Kier alpha value is -3.56. The minimum Gasteiger partial charge on any atom is -0.481 e. The molecule has 1 atom stereocenters. The molecule has 0 aliphatic heterocycles. The Labute approximate surface area is 201 Å². The van der Waals surface area contributed by atoms with E-state index in [-0.39, 0.29) is 17.9 Å². The molecule has 186 valence electrons. The number of halogens is 3. The summed E-state index contributed by atoms with van der Waals surface area (Å²) in [4.78, 5) is 15.0. The predicted molar refractivity (Wildman–Crippen MR) is 126 cm³/mol. The normalized spacial score (nSPS) is 16.4. The van der Waals surface area contributed by atoms with Gasteiger partial charge in [0, 0.05) is 18.4 Å². The first kappa shape index (κ1) is 24.6. The van der Waals surface area contributed by atoms with E-state index in [4.69, 9.17) is 5.11 Å².